The fourth-order valence-corrected chi connectivity index (χ4v) is 9.16. The lowest BCUT2D eigenvalue weighted by molar-refractivity contribution is 0.627. The Kier molecular flexibility index (Phi) is 5.82. The average molecular weight is 292 g/mol. The van der Waals surface area contributed by atoms with Crippen LogP contribution in [0.1, 0.15) is 45.4 Å². The van der Waals surface area contributed by atoms with Crippen LogP contribution < -0.4 is 0 Å². The van der Waals surface area contributed by atoms with Gasteiger partial charge in [-0.2, -0.15) is 0 Å². The predicted molar refractivity (Wildman–Crippen MR) is 83.3 cm³/mol. The van der Waals surface area contributed by atoms with Gasteiger partial charge in [0.25, 0.3) is 0 Å². The lowest BCUT2D eigenvalue weighted by Gasteiger charge is -2.23. The molecule has 0 spiro atoms. The summed E-state index contributed by atoms with van der Waals surface area (Å²) in [6.45, 7) is 7.32. The molecule has 2 rings (SSSR count). The normalized spacial score (nSPS) is 20.8. The Morgan fingerprint density at radius 2 is 1.47 bits per heavy atom. The van der Waals surface area contributed by atoms with Crippen molar-refractivity contribution in [3.63, 3.8) is 0 Å². The Bertz CT molecular complexity index is 262. The van der Waals surface area contributed by atoms with Gasteiger partial charge in [0.1, 0.15) is 5.54 Å². The fourth-order valence-electron chi connectivity index (χ4n) is 2.00. The largest absolute Gasteiger partial charge is 0.253 e. The minimum atomic E-state index is -1.29. The van der Waals surface area contributed by atoms with E-state index in [1.165, 1.54) is 70.5 Å². The van der Waals surface area contributed by atoms with Gasteiger partial charge in [0, 0.05) is 31.9 Å². The number of hydrogen-bond acceptors (Lipinski definition) is 2. The number of unbranched alkanes of at least 4 members (excludes halogenated alkanes) is 5. The standard InChI is InChI=1S/C12H25N2PS2/c1-2-3-4-5-6-7-12-17-15(16,13-8-9-13)14-10-11-14/h2-12H2,1H3. The third-order valence-electron chi connectivity index (χ3n) is 3.32. The molecule has 100 valence electrons. The van der Waals surface area contributed by atoms with E-state index < -0.39 is 5.54 Å². The minimum Gasteiger partial charge on any atom is -0.253 e. The third-order valence-corrected chi connectivity index (χ3v) is 11.6. The van der Waals surface area contributed by atoms with Crippen LogP contribution in [-0.2, 0) is 11.8 Å². The Morgan fingerprint density at radius 3 is 2.00 bits per heavy atom. The van der Waals surface area contributed by atoms with Crippen LogP contribution in [0.3, 0.4) is 0 Å². The van der Waals surface area contributed by atoms with E-state index in [2.05, 4.69) is 27.6 Å². The van der Waals surface area contributed by atoms with Gasteiger partial charge in [-0.3, -0.25) is 9.34 Å². The zero-order valence-corrected chi connectivity index (χ0v) is 13.5. The summed E-state index contributed by atoms with van der Waals surface area (Å²) in [5.41, 5.74) is -1.29. The van der Waals surface area contributed by atoms with Crippen molar-refractivity contribution in [2.24, 2.45) is 0 Å². The van der Waals surface area contributed by atoms with Crippen molar-refractivity contribution in [2.45, 2.75) is 45.4 Å². The summed E-state index contributed by atoms with van der Waals surface area (Å²) < 4.78 is 5.08. The van der Waals surface area contributed by atoms with Gasteiger partial charge in [-0.25, -0.2) is 0 Å². The summed E-state index contributed by atoms with van der Waals surface area (Å²) in [6, 6.07) is 0. The van der Waals surface area contributed by atoms with Crippen LogP contribution in [0.2, 0.25) is 0 Å². The average Bonchev–Trinajstić information content (AvgIpc) is 3.20. The van der Waals surface area contributed by atoms with Crippen LogP contribution in [0.4, 0.5) is 0 Å². The van der Waals surface area contributed by atoms with Crippen LogP contribution in [0.5, 0.6) is 0 Å². The molecule has 0 saturated carbocycles. The first kappa shape index (κ1) is 14.3. The highest BCUT2D eigenvalue weighted by atomic mass is 32.9. The van der Waals surface area contributed by atoms with Crippen molar-refractivity contribution in [3.8, 4) is 0 Å². The van der Waals surface area contributed by atoms with E-state index in [0.717, 1.165) is 0 Å². The molecule has 0 N–H and O–H groups in total. The van der Waals surface area contributed by atoms with Gasteiger partial charge in [0.05, 0.1) is 0 Å². The lowest BCUT2D eigenvalue weighted by atomic mass is 10.1. The molecule has 0 amide bonds. The highest BCUT2D eigenvalue weighted by Gasteiger charge is 2.43. The molecule has 2 nitrogen and oxygen atoms in total. The Hall–Kier alpha value is 0.920. The predicted octanol–water partition coefficient (Wildman–Crippen LogP) is 3.94. The first-order valence-electron chi connectivity index (χ1n) is 7.03. The second-order valence-corrected chi connectivity index (χ2v) is 12.3. The first-order valence-corrected chi connectivity index (χ1v) is 11.3. The van der Waals surface area contributed by atoms with Crippen molar-refractivity contribution in [1.29, 1.82) is 0 Å². The summed E-state index contributed by atoms with van der Waals surface area (Å²) in [7, 11) is 0. The van der Waals surface area contributed by atoms with E-state index in [9.17, 15) is 0 Å². The number of hydrogen-bond donors (Lipinski definition) is 0. The smallest absolute Gasteiger partial charge is 0.132 e. The maximum Gasteiger partial charge on any atom is 0.132 e. The monoisotopic (exact) mass is 292 g/mol. The zero-order valence-electron chi connectivity index (χ0n) is 10.9. The molecular weight excluding hydrogens is 267 g/mol. The topological polar surface area (TPSA) is 6.02 Å². The van der Waals surface area contributed by atoms with Crippen LogP contribution >= 0.6 is 16.9 Å². The van der Waals surface area contributed by atoms with Gasteiger partial charge in [0.2, 0.25) is 0 Å². The molecule has 5 heteroatoms. The van der Waals surface area contributed by atoms with Gasteiger partial charge < -0.3 is 0 Å². The van der Waals surface area contributed by atoms with E-state index in [0.29, 0.717) is 0 Å². The van der Waals surface area contributed by atoms with Crippen molar-refractivity contribution in [2.75, 3.05) is 31.9 Å². The first-order chi connectivity index (χ1) is 8.27. The molecule has 0 atom stereocenters. The van der Waals surface area contributed by atoms with Gasteiger partial charge in [-0.1, -0.05) is 62.2 Å². The summed E-state index contributed by atoms with van der Waals surface area (Å²) in [4.78, 5) is 0. The quantitative estimate of drug-likeness (QED) is 0.341. The second-order valence-electron chi connectivity index (χ2n) is 5.00. The zero-order chi connectivity index (χ0) is 12.1. The van der Waals surface area contributed by atoms with Crippen LogP contribution in [0, 0.1) is 0 Å². The molecule has 2 aliphatic heterocycles. The summed E-state index contributed by atoms with van der Waals surface area (Å²) in [6.07, 6.45) is 8.38. The van der Waals surface area contributed by atoms with E-state index >= 15 is 0 Å². The Labute approximate surface area is 115 Å². The van der Waals surface area contributed by atoms with Gasteiger partial charge >= 0.3 is 0 Å². The molecule has 0 bridgehead atoms. The number of rotatable bonds is 10. The van der Waals surface area contributed by atoms with Crippen molar-refractivity contribution in [1.82, 2.24) is 9.34 Å². The van der Waals surface area contributed by atoms with Crippen LogP contribution in [-0.4, -0.2) is 41.3 Å². The third kappa shape index (κ3) is 4.50. The van der Waals surface area contributed by atoms with E-state index in [1.807, 2.05) is 0 Å². The SMILES string of the molecule is CCCCCCCCSP(=S)(N1CC1)N1CC1. The van der Waals surface area contributed by atoms with Crippen LogP contribution in [0.25, 0.3) is 0 Å². The van der Waals surface area contributed by atoms with Crippen molar-refractivity contribution >= 4 is 28.7 Å². The van der Waals surface area contributed by atoms with Crippen molar-refractivity contribution < 1.29 is 0 Å². The number of nitrogens with zero attached hydrogens (tertiary/aromatic N) is 2. The van der Waals surface area contributed by atoms with E-state index in [4.69, 9.17) is 11.8 Å². The molecule has 0 aromatic heterocycles. The molecule has 0 aromatic carbocycles. The van der Waals surface area contributed by atoms with E-state index in [-0.39, 0.29) is 0 Å². The molecule has 2 heterocycles. The molecule has 17 heavy (non-hydrogen) atoms. The highest BCUT2D eigenvalue weighted by Crippen LogP contribution is 2.69. The molecule has 0 radical (unpaired) electrons. The minimum absolute atomic E-state index is 1.26. The lowest BCUT2D eigenvalue weighted by Crippen LogP contribution is -2.01. The molecule has 2 fully saturated rings. The maximum atomic E-state index is 5.92. The van der Waals surface area contributed by atoms with E-state index in [1.54, 1.807) is 0 Å². The Balaban J connectivity index is 1.55. The molecule has 0 aromatic rings. The molecular formula is C12H25N2PS2. The van der Waals surface area contributed by atoms with Gasteiger partial charge in [-0.15, -0.1) is 0 Å². The van der Waals surface area contributed by atoms with Gasteiger partial charge in [0.15, 0.2) is 0 Å². The Morgan fingerprint density at radius 1 is 0.941 bits per heavy atom. The maximum absolute atomic E-state index is 5.92. The summed E-state index contributed by atoms with van der Waals surface area (Å²) in [5, 5.41) is 0. The molecule has 2 aliphatic rings. The summed E-state index contributed by atoms with van der Waals surface area (Å²) >= 11 is 8.03. The molecule has 2 saturated heterocycles. The second kappa shape index (κ2) is 6.91. The molecule has 0 unspecified atom stereocenters. The molecule has 0 aliphatic carbocycles. The summed E-state index contributed by atoms with van der Waals surface area (Å²) in [5.74, 6) is 1.29. The van der Waals surface area contributed by atoms with Gasteiger partial charge in [-0.05, 0) is 6.42 Å². The van der Waals surface area contributed by atoms with Crippen molar-refractivity contribution in [3.05, 3.63) is 0 Å². The highest BCUT2D eigenvalue weighted by molar-refractivity contribution is 8.69. The van der Waals surface area contributed by atoms with Crippen LogP contribution in [0.15, 0.2) is 0 Å². The fraction of sp³-hybridized carbons (Fsp3) is 1.00.